The van der Waals surface area contributed by atoms with Crippen LogP contribution >= 0.6 is 0 Å². The van der Waals surface area contributed by atoms with E-state index in [-0.39, 0.29) is 0 Å². The average molecular weight is 314 g/mol. The molecule has 0 saturated carbocycles. The van der Waals surface area contributed by atoms with Gasteiger partial charge in [0.25, 0.3) is 0 Å². The van der Waals surface area contributed by atoms with Crippen molar-refractivity contribution < 1.29 is 9.47 Å². The van der Waals surface area contributed by atoms with Gasteiger partial charge in [-0.15, -0.1) is 0 Å². The number of hydrogen-bond acceptors (Lipinski definition) is 6. The van der Waals surface area contributed by atoms with E-state index in [1.807, 2.05) is 18.2 Å². The summed E-state index contributed by atoms with van der Waals surface area (Å²) in [6, 6.07) is 8.01. The van der Waals surface area contributed by atoms with Crippen LogP contribution in [0.3, 0.4) is 0 Å². The highest BCUT2D eigenvalue weighted by Gasteiger charge is 2.12. The smallest absolute Gasteiger partial charge is 0.234 e. The van der Waals surface area contributed by atoms with Gasteiger partial charge in [-0.1, -0.05) is 12.1 Å². The molecule has 1 aromatic heterocycles. The molecule has 0 aliphatic carbocycles. The third kappa shape index (κ3) is 4.32. The van der Waals surface area contributed by atoms with E-state index < -0.39 is 0 Å². The van der Waals surface area contributed by atoms with E-state index in [2.05, 4.69) is 26.3 Å². The summed E-state index contributed by atoms with van der Waals surface area (Å²) in [7, 11) is 1.67. The number of hydrogen-bond donors (Lipinski definition) is 1. The van der Waals surface area contributed by atoms with Crippen LogP contribution in [-0.4, -0.2) is 49.9 Å². The summed E-state index contributed by atoms with van der Waals surface area (Å²) < 4.78 is 11.0. The van der Waals surface area contributed by atoms with Gasteiger partial charge in [0.15, 0.2) is 5.82 Å². The maximum absolute atomic E-state index is 5.76. The molecule has 2 aromatic rings. The first kappa shape index (κ1) is 15.6. The van der Waals surface area contributed by atoms with Crippen LogP contribution in [0.2, 0.25) is 0 Å². The van der Waals surface area contributed by atoms with E-state index >= 15 is 0 Å². The Kier molecular flexibility index (Phi) is 5.26. The van der Waals surface area contributed by atoms with Crippen molar-refractivity contribution in [3.05, 3.63) is 42.2 Å². The van der Waals surface area contributed by atoms with Crippen molar-refractivity contribution in [3.63, 3.8) is 0 Å². The van der Waals surface area contributed by atoms with Crippen molar-refractivity contribution >= 4 is 5.82 Å². The van der Waals surface area contributed by atoms with Crippen LogP contribution < -0.4 is 19.7 Å². The molecule has 0 amide bonds. The monoisotopic (exact) mass is 314 g/mol. The number of benzene rings is 1. The zero-order chi connectivity index (χ0) is 15.9. The molecule has 3 rings (SSSR count). The van der Waals surface area contributed by atoms with Gasteiger partial charge in [-0.2, -0.15) is 4.98 Å². The Labute approximate surface area is 136 Å². The van der Waals surface area contributed by atoms with E-state index in [1.165, 1.54) is 5.56 Å². The average Bonchev–Trinajstić information content (AvgIpc) is 2.63. The Morgan fingerprint density at radius 1 is 1.22 bits per heavy atom. The zero-order valence-corrected chi connectivity index (χ0v) is 13.4. The van der Waals surface area contributed by atoms with Crippen LogP contribution in [0.15, 0.2) is 36.7 Å². The summed E-state index contributed by atoms with van der Waals surface area (Å²) in [5.41, 5.74) is 1.18. The Morgan fingerprint density at radius 3 is 2.91 bits per heavy atom. The number of nitrogens with zero attached hydrogens (tertiary/aromatic N) is 3. The molecule has 1 fully saturated rings. The van der Waals surface area contributed by atoms with Crippen molar-refractivity contribution in [1.29, 1.82) is 0 Å². The fourth-order valence-electron chi connectivity index (χ4n) is 2.56. The largest absolute Gasteiger partial charge is 0.497 e. The Balaban J connectivity index is 1.55. The number of aromatic nitrogens is 2. The predicted molar refractivity (Wildman–Crippen MR) is 89.3 cm³/mol. The number of rotatable bonds is 6. The van der Waals surface area contributed by atoms with E-state index in [9.17, 15) is 0 Å². The van der Waals surface area contributed by atoms with Crippen molar-refractivity contribution in [2.75, 3.05) is 44.8 Å². The minimum absolute atomic E-state index is 0.562. The fraction of sp³-hybridized carbons (Fsp3) is 0.412. The van der Waals surface area contributed by atoms with E-state index in [0.29, 0.717) is 12.5 Å². The molecule has 6 nitrogen and oxygen atoms in total. The highest BCUT2D eigenvalue weighted by Crippen LogP contribution is 2.16. The lowest BCUT2D eigenvalue weighted by molar-refractivity contribution is 0.308. The number of ether oxygens (including phenoxy) is 2. The summed E-state index contributed by atoms with van der Waals surface area (Å²) in [5.74, 6) is 2.32. The van der Waals surface area contributed by atoms with Gasteiger partial charge < -0.3 is 19.7 Å². The minimum Gasteiger partial charge on any atom is -0.497 e. The van der Waals surface area contributed by atoms with E-state index in [1.54, 1.807) is 19.5 Å². The summed E-state index contributed by atoms with van der Waals surface area (Å²) in [6.45, 7) is 4.40. The van der Waals surface area contributed by atoms with Gasteiger partial charge in [0.05, 0.1) is 26.1 Å². The van der Waals surface area contributed by atoms with Crippen LogP contribution in [0.5, 0.6) is 11.6 Å². The highest BCUT2D eigenvalue weighted by molar-refractivity contribution is 5.38. The summed E-state index contributed by atoms with van der Waals surface area (Å²) >= 11 is 0. The second-order valence-electron chi connectivity index (χ2n) is 5.40. The molecule has 1 aromatic carbocycles. The second kappa shape index (κ2) is 7.78. The molecule has 0 unspecified atom stereocenters. The van der Waals surface area contributed by atoms with Gasteiger partial charge in [0, 0.05) is 32.6 Å². The summed E-state index contributed by atoms with van der Waals surface area (Å²) in [6.07, 6.45) is 4.26. The lowest BCUT2D eigenvalue weighted by atomic mass is 10.1. The van der Waals surface area contributed by atoms with Gasteiger partial charge >= 0.3 is 0 Å². The van der Waals surface area contributed by atoms with Crippen molar-refractivity contribution in [2.24, 2.45) is 0 Å². The van der Waals surface area contributed by atoms with E-state index in [4.69, 9.17) is 9.47 Å². The van der Waals surface area contributed by atoms with Gasteiger partial charge in [-0.3, -0.25) is 4.98 Å². The quantitative estimate of drug-likeness (QED) is 0.872. The number of piperazine rings is 1. The van der Waals surface area contributed by atoms with Crippen LogP contribution in [0.25, 0.3) is 0 Å². The third-order valence-electron chi connectivity index (χ3n) is 3.82. The topological polar surface area (TPSA) is 59.5 Å². The van der Waals surface area contributed by atoms with Crippen LogP contribution in [0.4, 0.5) is 5.82 Å². The van der Waals surface area contributed by atoms with Crippen LogP contribution in [0.1, 0.15) is 5.56 Å². The first-order valence-electron chi connectivity index (χ1n) is 7.88. The zero-order valence-electron chi connectivity index (χ0n) is 13.4. The molecule has 0 atom stereocenters. The Bertz CT molecular complexity index is 629. The normalized spacial score (nSPS) is 14.6. The second-order valence-corrected chi connectivity index (χ2v) is 5.40. The number of methoxy groups -OCH3 is 1. The standard InChI is InChI=1S/C17H22N4O2/c1-22-15-4-2-3-14(11-15)5-10-23-17-13-19-12-16(20-17)21-8-6-18-7-9-21/h2-4,11-13,18H,5-10H2,1H3. The van der Waals surface area contributed by atoms with Crippen molar-refractivity contribution in [1.82, 2.24) is 15.3 Å². The highest BCUT2D eigenvalue weighted by atomic mass is 16.5. The summed E-state index contributed by atoms with van der Waals surface area (Å²) in [4.78, 5) is 11.0. The van der Waals surface area contributed by atoms with Crippen molar-refractivity contribution in [3.8, 4) is 11.6 Å². The lowest BCUT2D eigenvalue weighted by Crippen LogP contribution is -2.43. The number of anilines is 1. The van der Waals surface area contributed by atoms with Crippen LogP contribution in [-0.2, 0) is 6.42 Å². The summed E-state index contributed by atoms with van der Waals surface area (Å²) in [5, 5.41) is 3.33. The molecule has 0 bridgehead atoms. The first-order chi connectivity index (χ1) is 11.3. The number of nitrogens with one attached hydrogen (secondary N) is 1. The van der Waals surface area contributed by atoms with Gasteiger partial charge in [0.1, 0.15) is 5.75 Å². The SMILES string of the molecule is COc1cccc(CCOc2cncc(N3CCNCC3)n2)c1. The molecule has 1 aliphatic heterocycles. The molecule has 2 heterocycles. The molecule has 1 saturated heterocycles. The van der Waals surface area contributed by atoms with Crippen LogP contribution in [0, 0.1) is 0 Å². The molecule has 1 N–H and O–H groups in total. The molecule has 0 spiro atoms. The maximum Gasteiger partial charge on any atom is 0.234 e. The molecular formula is C17H22N4O2. The molecule has 6 heteroatoms. The van der Waals surface area contributed by atoms with Gasteiger partial charge in [0.2, 0.25) is 5.88 Å². The predicted octanol–water partition coefficient (Wildman–Crippen LogP) is 1.52. The molecule has 0 radical (unpaired) electrons. The Hall–Kier alpha value is -2.34. The molecular weight excluding hydrogens is 292 g/mol. The fourth-order valence-corrected chi connectivity index (χ4v) is 2.56. The first-order valence-corrected chi connectivity index (χ1v) is 7.88. The van der Waals surface area contributed by atoms with Gasteiger partial charge in [-0.25, -0.2) is 0 Å². The van der Waals surface area contributed by atoms with Gasteiger partial charge in [-0.05, 0) is 17.7 Å². The van der Waals surface area contributed by atoms with E-state index in [0.717, 1.165) is 44.2 Å². The lowest BCUT2D eigenvalue weighted by Gasteiger charge is -2.28. The minimum atomic E-state index is 0.562. The maximum atomic E-state index is 5.76. The van der Waals surface area contributed by atoms with Crippen molar-refractivity contribution in [2.45, 2.75) is 6.42 Å². The molecule has 122 valence electrons. The molecule has 23 heavy (non-hydrogen) atoms. The third-order valence-corrected chi connectivity index (χ3v) is 3.82. The Morgan fingerprint density at radius 2 is 2.09 bits per heavy atom. The molecule has 1 aliphatic rings.